The molecule has 0 bridgehead atoms. The quantitative estimate of drug-likeness (QED) is 0.0533. The summed E-state index contributed by atoms with van der Waals surface area (Å²) in [4.78, 5) is 123. The summed E-state index contributed by atoms with van der Waals surface area (Å²) in [6.45, 7) is 3.51. The number of amides is 5. The predicted octanol–water partition coefficient (Wildman–Crippen LogP) is -2.99. The molecule has 21 heteroatoms. The molecular weight excluding hydrogens is 696 g/mol. The standard InChI is InChI=1S/C31H42N6O15/c1-14(2)8-16(32)26(46)33-18(10-22(38)39)28(48)36-19(11-23(40)41)29(49)34-17(9-15-6-4-3-5-7-15)27(47)35-20(12-24(42)43)30(50)37-21(31(51)52)13-25(44)45/h3-7,14,16-21H,8-13,32H2,1-2H3,(H,33,46)(H,34,49)(H,35,47)(H,36,48)(H,37,50)(H,38,39)(H,40,41)(H,42,43)(H,44,45)(H,51,52)/t16-,17-,18-,19-,20-,21-/m0/s1. The predicted molar refractivity (Wildman–Crippen MR) is 174 cm³/mol. The molecule has 12 N–H and O–H groups in total. The molecule has 0 aromatic heterocycles. The number of nitrogens with two attached hydrogens (primary N) is 1. The summed E-state index contributed by atoms with van der Waals surface area (Å²) in [5, 5.41) is 56.7. The van der Waals surface area contributed by atoms with Gasteiger partial charge < -0.3 is 57.9 Å². The molecule has 0 saturated carbocycles. The van der Waals surface area contributed by atoms with Crippen molar-refractivity contribution in [2.24, 2.45) is 11.7 Å². The third-order valence-corrected chi connectivity index (χ3v) is 7.01. The minimum absolute atomic E-state index is 0.0513. The van der Waals surface area contributed by atoms with Gasteiger partial charge in [0, 0.05) is 6.42 Å². The van der Waals surface area contributed by atoms with E-state index in [-0.39, 0.29) is 18.8 Å². The molecule has 0 radical (unpaired) electrons. The van der Waals surface area contributed by atoms with Crippen molar-refractivity contribution in [3.05, 3.63) is 35.9 Å². The highest BCUT2D eigenvalue weighted by Crippen LogP contribution is 2.08. The molecule has 0 aliphatic rings. The minimum Gasteiger partial charge on any atom is -0.481 e. The number of carboxylic acid groups (broad SMARTS) is 5. The first-order chi connectivity index (χ1) is 24.2. The second-order valence-corrected chi connectivity index (χ2v) is 12.0. The van der Waals surface area contributed by atoms with E-state index in [4.69, 9.17) is 10.8 Å². The van der Waals surface area contributed by atoms with Crippen molar-refractivity contribution in [3.63, 3.8) is 0 Å². The Kier molecular flexibility index (Phi) is 17.9. The molecule has 52 heavy (non-hydrogen) atoms. The fraction of sp³-hybridized carbons (Fsp3) is 0.484. The minimum atomic E-state index is -2.01. The number of carboxylic acids is 5. The third-order valence-electron chi connectivity index (χ3n) is 7.01. The van der Waals surface area contributed by atoms with Gasteiger partial charge in [-0.3, -0.25) is 43.2 Å². The maximum atomic E-state index is 13.5. The van der Waals surface area contributed by atoms with Crippen molar-refractivity contribution < 1.29 is 73.5 Å². The number of rotatable bonds is 23. The molecule has 0 aliphatic carbocycles. The highest BCUT2D eigenvalue weighted by molar-refractivity contribution is 5.99. The van der Waals surface area contributed by atoms with Crippen LogP contribution < -0.4 is 32.3 Å². The average molecular weight is 739 g/mol. The van der Waals surface area contributed by atoms with Gasteiger partial charge in [0.25, 0.3) is 0 Å². The number of benzene rings is 1. The van der Waals surface area contributed by atoms with Gasteiger partial charge in [0.1, 0.15) is 30.2 Å². The Morgan fingerprint density at radius 3 is 1.21 bits per heavy atom. The number of nitrogens with one attached hydrogen (secondary N) is 5. The lowest BCUT2D eigenvalue weighted by molar-refractivity contribution is -0.148. The molecule has 0 unspecified atom stereocenters. The number of carbonyl (C=O) groups is 10. The van der Waals surface area contributed by atoms with Gasteiger partial charge in [0.15, 0.2) is 0 Å². The van der Waals surface area contributed by atoms with Crippen LogP contribution in [0.15, 0.2) is 30.3 Å². The zero-order valence-corrected chi connectivity index (χ0v) is 28.1. The van der Waals surface area contributed by atoms with Gasteiger partial charge in [-0.15, -0.1) is 0 Å². The van der Waals surface area contributed by atoms with Gasteiger partial charge in [0.05, 0.1) is 31.7 Å². The Hall–Kier alpha value is -6.12. The molecule has 0 fully saturated rings. The first-order valence-corrected chi connectivity index (χ1v) is 15.6. The Balaban J connectivity index is 3.40. The lowest BCUT2D eigenvalue weighted by atomic mass is 10.0. The molecule has 5 amide bonds. The van der Waals surface area contributed by atoms with Gasteiger partial charge in [-0.25, -0.2) is 4.79 Å². The van der Waals surface area contributed by atoms with Crippen molar-refractivity contribution >= 4 is 59.4 Å². The molecule has 0 saturated heterocycles. The van der Waals surface area contributed by atoms with Gasteiger partial charge in [-0.1, -0.05) is 44.2 Å². The fourth-order valence-corrected chi connectivity index (χ4v) is 4.57. The van der Waals surface area contributed by atoms with Crippen LogP contribution in [0, 0.1) is 5.92 Å². The van der Waals surface area contributed by atoms with E-state index in [2.05, 4.69) is 21.3 Å². The molecule has 0 spiro atoms. The molecule has 0 heterocycles. The second kappa shape index (κ2) is 21.2. The van der Waals surface area contributed by atoms with E-state index >= 15 is 0 Å². The van der Waals surface area contributed by atoms with Gasteiger partial charge >= 0.3 is 29.8 Å². The highest BCUT2D eigenvalue weighted by atomic mass is 16.4. The van der Waals surface area contributed by atoms with Crippen LogP contribution in [0.2, 0.25) is 0 Å². The van der Waals surface area contributed by atoms with E-state index in [1.807, 2.05) is 5.32 Å². The molecule has 1 aromatic carbocycles. The fourth-order valence-electron chi connectivity index (χ4n) is 4.57. The number of hydrogen-bond donors (Lipinski definition) is 11. The molecule has 0 aliphatic heterocycles. The molecule has 1 aromatic rings. The van der Waals surface area contributed by atoms with Gasteiger partial charge in [-0.2, -0.15) is 0 Å². The van der Waals surface area contributed by atoms with E-state index in [1.165, 1.54) is 12.1 Å². The average Bonchev–Trinajstić information content (AvgIpc) is 3.02. The first-order valence-electron chi connectivity index (χ1n) is 15.6. The Morgan fingerprint density at radius 1 is 0.519 bits per heavy atom. The molecule has 1 rings (SSSR count). The zero-order chi connectivity index (χ0) is 39.7. The molecule has 6 atom stereocenters. The van der Waals surface area contributed by atoms with Crippen LogP contribution in [0.1, 0.15) is 51.5 Å². The van der Waals surface area contributed by atoms with E-state index in [0.29, 0.717) is 5.56 Å². The van der Waals surface area contributed by atoms with E-state index < -0.39 is 121 Å². The van der Waals surface area contributed by atoms with Crippen LogP contribution in [0.3, 0.4) is 0 Å². The smallest absolute Gasteiger partial charge is 0.326 e. The Bertz CT molecular complexity index is 1500. The van der Waals surface area contributed by atoms with Crippen molar-refractivity contribution in [2.75, 3.05) is 0 Å². The Labute approximate surface area is 295 Å². The van der Waals surface area contributed by atoms with Crippen molar-refractivity contribution in [1.82, 2.24) is 26.6 Å². The summed E-state index contributed by atoms with van der Waals surface area (Å²) in [5.41, 5.74) is 6.20. The molecular formula is C31H42N6O15. The van der Waals surface area contributed by atoms with E-state index in [0.717, 1.165) is 0 Å². The maximum absolute atomic E-state index is 13.5. The number of hydrogen-bond acceptors (Lipinski definition) is 11. The number of aliphatic carboxylic acids is 5. The van der Waals surface area contributed by atoms with Crippen LogP contribution >= 0.6 is 0 Å². The summed E-state index contributed by atoms with van der Waals surface area (Å²) in [5.74, 6) is -14.4. The summed E-state index contributed by atoms with van der Waals surface area (Å²) in [6, 6.07) is -2.94. The molecule has 286 valence electrons. The summed E-state index contributed by atoms with van der Waals surface area (Å²) >= 11 is 0. The van der Waals surface area contributed by atoms with Crippen molar-refractivity contribution in [2.45, 2.75) is 88.6 Å². The second-order valence-electron chi connectivity index (χ2n) is 12.0. The Morgan fingerprint density at radius 2 is 0.846 bits per heavy atom. The van der Waals surface area contributed by atoms with Crippen LogP contribution in [-0.4, -0.2) is 121 Å². The van der Waals surface area contributed by atoms with E-state index in [1.54, 1.807) is 32.0 Å². The third kappa shape index (κ3) is 16.5. The monoisotopic (exact) mass is 738 g/mol. The normalized spacial score (nSPS) is 14.2. The summed E-state index contributed by atoms with van der Waals surface area (Å²) in [6.07, 6.45) is -4.52. The zero-order valence-electron chi connectivity index (χ0n) is 28.1. The topological polar surface area (TPSA) is 358 Å². The van der Waals surface area contributed by atoms with E-state index in [9.17, 15) is 68.4 Å². The van der Waals surface area contributed by atoms with Crippen LogP contribution in [0.25, 0.3) is 0 Å². The van der Waals surface area contributed by atoms with Gasteiger partial charge in [-0.05, 0) is 17.9 Å². The van der Waals surface area contributed by atoms with Crippen LogP contribution in [-0.2, 0) is 54.4 Å². The highest BCUT2D eigenvalue weighted by Gasteiger charge is 2.35. The lowest BCUT2D eigenvalue weighted by Gasteiger charge is -2.26. The van der Waals surface area contributed by atoms with Gasteiger partial charge in [0.2, 0.25) is 29.5 Å². The lowest BCUT2D eigenvalue weighted by Crippen LogP contribution is -2.60. The number of carbonyl (C=O) groups excluding carboxylic acids is 5. The molecule has 21 nitrogen and oxygen atoms in total. The summed E-state index contributed by atoms with van der Waals surface area (Å²) < 4.78 is 0. The SMILES string of the molecule is CC(C)C[C@H](N)C(=O)N[C@@H](CC(=O)O)C(=O)N[C@@H](CC(=O)O)C(=O)N[C@@H](Cc1ccccc1)C(=O)N[C@@H](CC(=O)O)C(=O)N[C@@H](CC(=O)O)C(=O)O. The van der Waals surface area contributed by atoms with Crippen LogP contribution in [0.5, 0.6) is 0 Å². The largest absolute Gasteiger partial charge is 0.481 e. The summed E-state index contributed by atoms with van der Waals surface area (Å²) in [7, 11) is 0. The maximum Gasteiger partial charge on any atom is 0.326 e. The van der Waals surface area contributed by atoms with Crippen molar-refractivity contribution in [3.8, 4) is 0 Å². The first kappa shape index (κ1) is 43.9. The van der Waals surface area contributed by atoms with Crippen molar-refractivity contribution in [1.29, 1.82) is 0 Å². The van der Waals surface area contributed by atoms with Crippen LogP contribution in [0.4, 0.5) is 0 Å².